The van der Waals surface area contributed by atoms with Gasteiger partial charge in [-0.1, -0.05) is 0 Å². The molecule has 4 nitrogen and oxygen atoms in total. The zero-order valence-corrected chi connectivity index (χ0v) is 8.08. The fraction of sp³-hybridized carbons (Fsp3) is 0.111. The first kappa shape index (κ1) is 10.6. The molecule has 0 aliphatic carbocycles. The first-order valence-electron chi connectivity index (χ1n) is 3.79. The predicted molar refractivity (Wildman–Crippen MR) is 53.3 cm³/mol. The van der Waals surface area contributed by atoms with Crippen molar-refractivity contribution in [2.24, 2.45) is 5.73 Å². The molecular weight excluding hydrogens is 200 g/mol. The number of carbonyl (C=O) groups is 1. The fourth-order valence-corrected chi connectivity index (χ4v) is 1.35. The molecule has 0 heterocycles. The number of nitrogens with two attached hydrogens (primary N) is 1. The molecule has 0 unspecified atom stereocenters. The Morgan fingerprint density at radius 1 is 1.64 bits per heavy atom. The van der Waals surface area contributed by atoms with E-state index in [0.29, 0.717) is 10.5 Å². The maximum absolute atomic E-state index is 10.7. The minimum absolute atomic E-state index is 0.0466. The molecule has 0 atom stereocenters. The molecule has 0 radical (unpaired) electrons. The second-order valence-corrected chi connectivity index (χ2v) is 3.13. The summed E-state index contributed by atoms with van der Waals surface area (Å²) in [7, 11) is 0. The smallest absolute Gasteiger partial charge is 0.337 e. The molecule has 1 aromatic rings. The van der Waals surface area contributed by atoms with Crippen molar-refractivity contribution >= 4 is 18.6 Å². The highest BCUT2D eigenvalue weighted by Gasteiger charge is 2.12. The molecule has 0 aliphatic rings. The molecule has 0 amide bonds. The largest absolute Gasteiger partial charge is 0.478 e. The summed E-state index contributed by atoms with van der Waals surface area (Å²) in [5, 5.41) is 17.5. The molecule has 0 saturated heterocycles. The zero-order chi connectivity index (χ0) is 10.7. The molecule has 3 N–H and O–H groups in total. The second kappa shape index (κ2) is 4.13. The van der Waals surface area contributed by atoms with E-state index in [0.717, 1.165) is 0 Å². The number of carboxylic acids is 1. The molecule has 0 aliphatic heterocycles. The van der Waals surface area contributed by atoms with Gasteiger partial charge in [0.15, 0.2) is 0 Å². The van der Waals surface area contributed by atoms with E-state index in [9.17, 15) is 4.79 Å². The third-order valence-corrected chi connectivity index (χ3v) is 2.21. The molecular formula is C9H8N2O2S. The lowest BCUT2D eigenvalue weighted by Crippen LogP contribution is -2.04. The molecule has 1 aromatic carbocycles. The summed E-state index contributed by atoms with van der Waals surface area (Å²) in [4.78, 5) is 11.2. The van der Waals surface area contributed by atoms with Crippen LogP contribution in [0.2, 0.25) is 0 Å². The Bertz CT molecular complexity index is 424. The number of rotatable bonds is 2. The van der Waals surface area contributed by atoms with Crippen molar-refractivity contribution in [3.8, 4) is 6.07 Å². The van der Waals surface area contributed by atoms with Gasteiger partial charge in [-0.3, -0.25) is 0 Å². The Balaban J connectivity index is 3.41. The van der Waals surface area contributed by atoms with Crippen LogP contribution in [0.1, 0.15) is 21.5 Å². The summed E-state index contributed by atoms with van der Waals surface area (Å²) in [5.41, 5.74) is 6.12. The number of nitriles is 1. The van der Waals surface area contributed by atoms with E-state index in [1.54, 1.807) is 0 Å². The van der Waals surface area contributed by atoms with Gasteiger partial charge in [-0.05, 0) is 17.7 Å². The maximum atomic E-state index is 10.7. The van der Waals surface area contributed by atoms with Crippen LogP contribution in [0.3, 0.4) is 0 Å². The van der Waals surface area contributed by atoms with Crippen LogP contribution in [0, 0.1) is 11.3 Å². The number of carboxylic acid groups (broad SMARTS) is 1. The molecule has 72 valence electrons. The lowest BCUT2D eigenvalue weighted by molar-refractivity contribution is 0.0696. The molecule has 0 fully saturated rings. The van der Waals surface area contributed by atoms with Crippen molar-refractivity contribution < 1.29 is 9.90 Å². The van der Waals surface area contributed by atoms with Crippen molar-refractivity contribution in [1.29, 1.82) is 5.26 Å². The van der Waals surface area contributed by atoms with Crippen LogP contribution in [0.25, 0.3) is 0 Å². The molecule has 5 heteroatoms. The van der Waals surface area contributed by atoms with Gasteiger partial charge in [-0.25, -0.2) is 4.79 Å². The Kier molecular flexibility index (Phi) is 3.12. The monoisotopic (exact) mass is 208 g/mol. The van der Waals surface area contributed by atoms with Crippen molar-refractivity contribution in [3.05, 3.63) is 28.8 Å². The van der Waals surface area contributed by atoms with Crippen molar-refractivity contribution in [2.75, 3.05) is 0 Å². The van der Waals surface area contributed by atoms with Crippen molar-refractivity contribution in [3.63, 3.8) is 0 Å². The lowest BCUT2D eigenvalue weighted by atomic mass is 10.0. The van der Waals surface area contributed by atoms with Gasteiger partial charge in [0.2, 0.25) is 0 Å². The van der Waals surface area contributed by atoms with Gasteiger partial charge < -0.3 is 10.8 Å². The summed E-state index contributed by atoms with van der Waals surface area (Å²) >= 11 is 4.08. The highest BCUT2D eigenvalue weighted by molar-refractivity contribution is 7.80. The standard InChI is InChI=1S/C9H8N2O2S/c10-3-5-1-6(4-11)8(14)2-7(5)9(12)13/h1-2,14H,4,11H2,(H,12,13). The van der Waals surface area contributed by atoms with Crippen molar-refractivity contribution in [1.82, 2.24) is 0 Å². The second-order valence-electron chi connectivity index (χ2n) is 2.65. The Morgan fingerprint density at radius 3 is 2.71 bits per heavy atom. The van der Waals surface area contributed by atoms with E-state index >= 15 is 0 Å². The molecule has 0 spiro atoms. The number of hydrogen-bond acceptors (Lipinski definition) is 4. The topological polar surface area (TPSA) is 87.1 Å². The van der Waals surface area contributed by atoms with Crippen LogP contribution in [-0.2, 0) is 6.54 Å². The van der Waals surface area contributed by atoms with Crippen LogP contribution >= 0.6 is 12.6 Å². The van der Waals surface area contributed by atoms with Crippen LogP contribution in [-0.4, -0.2) is 11.1 Å². The summed E-state index contributed by atoms with van der Waals surface area (Å²) in [6.45, 7) is 0.230. The number of hydrogen-bond donors (Lipinski definition) is 3. The Labute approximate surface area is 86.4 Å². The van der Waals surface area contributed by atoms with Crippen LogP contribution in [0.4, 0.5) is 0 Å². The molecule has 0 bridgehead atoms. The van der Waals surface area contributed by atoms with Gasteiger partial charge in [-0.15, -0.1) is 12.6 Å². The van der Waals surface area contributed by atoms with E-state index < -0.39 is 5.97 Å². The van der Waals surface area contributed by atoms with Crippen molar-refractivity contribution in [2.45, 2.75) is 11.4 Å². The minimum atomic E-state index is -1.14. The number of aromatic carboxylic acids is 1. The van der Waals surface area contributed by atoms with Gasteiger partial charge in [0, 0.05) is 11.4 Å². The summed E-state index contributed by atoms with van der Waals surface area (Å²) < 4.78 is 0. The molecule has 0 aromatic heterocycles. The highest BCUT2D eigenvalue weighted by atomic mass is 32.1. The highest BCUT2D eigenvalue weighted by Crippen LogP contribution is 2.19. The van der Waals surface area contributed by atoms with E-state index in [2.05, 4.69) is 12.6 Å². The normalized spacial score (nSPS) is 9.50. The maximum Gasteiger partial charge on any atom is 0.337 e. The van der Waals surface area contributed by atoms with Gasteiger partial charge in [0.25, 0.3) is 0 Å². The van der Waals surface area contributed by atoms with Gasteiger partial charge in [0.1, 0.15) is 6.07 Å². The minimum Gasteiger partial charge on any atom is -0.478 e. The first-order valence-corrected chi connectivity index (χ1v) is 4.24. The lowest BCUT2D eigenvalue weighted by Gasteiger charge is -2.05. The predicted octanol–water partition coefficient (Wildman–Crippen LogP) is 1.00. The first-order chi connectivity index (χ1) is 6.60. The van der Waals surface area contributed by atoms with E-state index in [1.165, 1.54) is 12.1 Å². The number of thiol groups is 1. The summed E-state index contributed by atoms with van der Waals surface area (Å²) in [5.74, 6) is -1.14. The van der Waals surface area contributed by atoms with Crippen LogP contribution in [0.15, 0.2) is 17.0 Å². The van der Waals surface area contributed by atoms with Gasteiger partial charge in [-0.2, -0.15) is 5.26 Å². The molecule has 14 heavy (non-hydrogen) atoms. The Morgan fingerprint density at radius 2 is 2.29 bits per heavy atom. The Hall–Kier alpha value is -1.51. The zero-order valence-electron chi connectivity index (χ0n) is 7.19. The molecule has 0 saturated carbocycles. The third kappa shape index (κ3) is 1.87. The SMILES string of the molecule is N#Cc1cc(CN)c(S)cc1C(=O)O. The quantitative estimate of drug-likeness (QED) is 0.633. The van der Waals surface area contributed by atoms with Crippen LogP contribution < -0.4 is 5.73 Å². The van der Waals surface area contributed by atoms with Crippen LogP contribution in [0.5, 0.6) is 0 Å². The number of benzene rings is 1. The molecule has 1 rings (SSSR count). The fourth-order valence-electron chi connectivity index (χ4n) is 1.07. The van der Waals surface area contributed by atoms with E-state index in [4.69, 9.17) is 16.1 Å². The summed E-state index contributed by atoms with van der Waals surface area (Å²) in [6.07, 6.45) is 0. The van der Waals surface area contributed by atoms with E-state index in [1.807, 2.05) is 6.07 Å². The summed E-state index contributed by atoms with van der Waals surface area (Å²) in [6, 6.07) is 4.60. The number of nitrogens with zero attached hydrogens (tertiary/aromatic N) is 1. The van der Waals surface area contributed by atoms with E-state index in [-0.39, 0.29) is 17.7 Å². The van der Waals surface area contributed by atoms with Gasteiger partial charge in [0.05, 0.1) is 11.1 Å². The third-order valence-electron chi connectivity index (χ3n) is 1.79. The average Bonchev–Trinajstić information content (AvgIpc) is 2.17. The average molecular weight is 208 g/mol. The van der Waals surface area contributed by atoms with Gasteiger partial charge >= 0.3 is 5.97 Å².